The molecule has 0 spiro atoms. The quantitative estimate of drug-likeness (QED) is 0.695. The van der Waals surface area contributed by atoms with Gasteiger partial charge in [0.1, 0.15) is 12.4 Å². The van der Waals surface area contributed by atoms with E-state index in [-0.39, 0.29) is 0 Å². The zero-order valence-electron chi connectivity index (χ0n) is 13.9. The molecule has 1 aliphatic carbocycles. The Morgan fingerprint density at radius 1 is 1.17 bits per heavy atom. The van der Waals surface area contributed by atoms with E-state index in [1.807, 2.05) is 18.2 Å². The molecule has 126 valence electrons. The molecule has 1 fully saturated rings. The molecule has 1 heterocycles. The first kappa shape index (κ1) is 16.2. The Hall–Kier alpha value is -1.68. The number of ether oxygens (including phenoxy) is 4. The highest BCUT2D eigenvalue weighted by atomic mass is 16.7. The lowest BCUT2D eigenvalue weighted by molar-refractivity contribution is 0.0303. The van der Waals surface area contributed by atoms with E-state index in [4.69, 9.17) is 18.9 Å². The molecule has 1 saturated carbocycles. The standard InChI is InChI=1S/C19H26O4/c1-15(9-11-20-16-5-3-2-4-6-16)10-12-21-17-7-8-18-19(13-17)23-14-22-18/h7-8,10,13,16H,2-6,9,11-12,14H2,1H3/b15-10+. The van der Waals surface area contributed by atoms with Gasteiger partial charge >= 0.3 is 0 Å². The highest BCUT2D eigenvalue weighted by molar-refractivity contribution is 5.46. The van der Waals surface area contributed by atoms with Gasteiger partial charge in [0.15, 0.2) is 11.5 Å². The molecule has 0 N–H and O–H groups in total. The second kappa shape index (κ2) is 8.25. The molecule has 0 radical (unpaired) electrons. The van der Waals surface area contributed by atoms with E-state index in [9.17, 15) is 0 Å². The third-order valence-electron chi connectivity index (χ3n) is 4.43. The van der Waals surface area contributed by atoms with Crippen LogP contribution in [0.5, 0.6) is 17.2 Å². The average Bonchev–Trinajstić information content (AvgIpc) is 3.03. The molecule has 0 bridgehead atoms. The maximum Gasteiger partial charge on any atom is 0.231 e. The Morgan fingerprint density at radius 3 is 2.87 bits per heavy atom. The molecule has 2 aliphatic rings. The molecule has 0 saturated heterocycles. The minimum Gasteiger partial charge on any atom is -0.489 e. The summed E-state index contributed by atoms with van der Waals surface area (Å²) in [6.07, 6.45) is 10.1. The Balaban J connectivity index is 1.35. The van der Waals surface area contributed by atoms with Crippen molar-refractivity contribution in [2.45, 2.75) is 51.6 Å². The number of rotatable bonds is 7. The van der Waals surface area contributed by atoms with Gasteiger partial charge in [0, 0.05) is 6.07 Å². The first-order valence-electron chi connectivity index (χ1n) is 8.61. The normalized spacial score (nSPS) is 18.2. The van der Waals surface area contributed by atoms with Gasteiger partial charge in [-0.1, -0.05) is 24.8 Å². The van der Waals surface area contributed by atoms with Crippen LogP contribution in [-0.2, 0) is 4.74 Å². The van der Waals surface area contributed by atoms with Crippen LogP contribution in [0.4, 0.5) is 0 Å². The summed E-state index contributed by atoms with van der Waals surface area (Å²) in [5.74, 6) is 2.34. The van der Waals surface area contributed by atoms with Crippen LogP contribution in [0.2, 0.25) is 0 Å². The second-order valence-corrected chi connectivity index (χ2v) is 6.26. The van der Waals surface area contributed by atoms with Crippen LogP contribution in [0.3, 0.4) is 0 Å². The Bertz CT molecular complexity index is 532. The van der Waals surface area contributed by atoms with Crippen LogP contribution >= 0.6 is 0 Å². The monoisotopic (exact) mass is 318 g/mol. The van der Waals surface area contributed by atoms with Crippen LogP contribution in [0.1, 0.15) is 45.4 Å². The number of hydrogen-bond acceptors (Lipinski definition) is 4. The molecule has 3 rings (SSSR count). The van der Waals surface area contributed by atoms with E-state index in [2.05, 4.69) is 13.0 Å². The molecule has 1 aromatic carbocycles. The third-order valence-corrected chi connectivity index (χ3v) is 4.43. The van der Waals surface area contributed by atoms with Gasteiger partial charge in [-0.05, 0) is 44.4 Å². The Labute approximate surface area is 138 Å². The number of fused-ring (bicyclic) bond motifs is 1. The maximum absolute atomic E-state index is 5.96. The summed E-state index contributed by atoms with van der Waals surface area (Å²) in [7, 11) is 0. The fraction of sp³-hybridized carbons (Fsp3) is 0.579. The zero-order valence-corrected chi connectivity index (χ0v) is 13.9. The van der Waals surface area contributed by atoms with Crippen molar-refractivity contribution in [1.29, 1.82) is 0 Å². The van der Waals surface area contributed by atoms with Crippen LogP contribution in [0.25, 0.3) is 0 Å². The van der Waals surface area contributed by atoms with E-state index >= 15 is 0 Å². The molecule has 0 amide bonds. The molecule has 1 aliphatic heterocycles. The van der Waals surface area contributed by atoms with E-state index in [0.29, 0.717) is 19.5 Å². The first-order valence-corrected chi connectivity index (χ1v) is 8.61. The lowest BCUT2D eigenvalue weighted by Gasteiger charge is -2.22. The zero-order chi connectivity index (χ0) is 15.9. The summed E-state index contributed by atoms with van der Waals surface area (Å²) in [6.45, 7) is 3.80. The summed E-state index contributed by atoms with van der Waals surface area (Å²) in [5.41, 5.74) is 1.31. The predicted octanol–water partition coefficient (Wildman–Crippen LogP) is 4.48. The van der Waals surface area contributed by atoms with Gasteiger partial charge in [0.2, 0.25) is 6.79 Å². The smallest absolute Gasteiger partial charge is 0.231 e. The Morgan fingerprint density at radius 2 is 2.00 bits per heavy atom. The fourth-order valence-electron chi connectivity index (χ4n) is 2.97. The molecular formula is C19H26O4. The molecule has 0 atom stereocenters. The second-order valence-electron chi connectivity index (χ2n) is 6.26. The lowest BCUT2D eigenvalue weighted by atomic mass is 9.98. The van der Waals surface area contributed by atoms with Crippen molar-refractivity contribution in [3.63, 3.8) is 0 Å². The van der Waals surface area contributed by atoms with Crippen molar-refractivity contribution in [1.82, 2.24) is 0 Å². The summed E-state index contributed by atoms with van der Waals surface area (Å²) < 4.78 is 22.3. The van der Waals surface area contributed by atoms with Gasteiger partial charge in [-0.15, -0.1) is 0 Å². The van der Waals surface area contributed by atoms with Gasteiger partial charge in [-0.3, -0.25) is 0 Å². The van der Waals surface area contributed by atoms with Crippen molar-refractivity contribution in [3.8, 4) is 17.2 Å². The molecule has 0 aromatic heterocycles. The first-order chi connectivity index (χ1) is 11.3. The third kappa shape index (κ3) is 4.90. The van der Waals surface area contributed by atoms with Gasteiger partial charge in [0.25, 0.3) is 0 Å². The predicted molar refractivity (Wildman–Crippen MR) is 89.3 cm³/mol. The van der Waals surface area contributed by atoms with Gasteiger partial charge in [0.05, 0.1) is 12.7 Å². The van der Waals surface area contributed by atoms with Crippen molar-refractivity contribution in [2.75, 3.05) is 20.0 Å². The lowest BCUT2D eigenvalue weighted by Crippen LogP contribution is -2.17. The van der Waals surface area contributed by atoms with E-state index in [0.717, 1.165) is 30.3 Å². The molecule has 4 nitrogen and oxygen atoms in total. The summed E-state index contributed by atoms with van der Waals surface area (Å²) in [6, 6.07) is 5.66. The fourth-order valence-corrected chi connectivity index (χ4v) is 2.97. The topological polar surface area (TPSA) is 36.9 Å². The molecular weight excluding hydrogens is 292 g/mol. The van der Waals surface area contributed by atoms with E-state index < -0.39 is 0 Å². The van der Waals surface area contributed by atoms with Crippen LogP contribution in [-0.4, -0.2) is 26.1 Å². The summed E-state index contributed by atoms with van der Waals surface area (Å²) in [4.78, 5) is 0. The van der Waals surface area contributed by atoms with Gasteiger partial charge in [-0.2, -0.15) is 0 Å². The highest BCUT2D eigenvalue weighted by Gasteiger charge is 2.14. The minimum atomic E-state index is 0.290. The van der Waals surface area contributed by atoms with E-state index in [1.54, 1.807) is 0 Å². The molecule has 0 unspecified atom stereocenters. The number of hydrogen-bond donors (Lipinski definition) is 0. The van der Waals surface area contributed by atoms with Crippen molar-refractivity contribution in [2.24, 2.45) is 0 Å². The van der Waals surface area contributed by atoms with Gasteiger partial charge < -0.3 is 18.9 Å². The largest absolute Gasteiger partial charge is 0.489 e. The number of benzene rings is 1. The van der Waals surface area contributed by atoms with Gasteiger partial charge in [-0.25, -0.2) is 0 Å². The van der Waals surface area contributed by atoms with Crippen molar-refractivity contribution < 1.29 is 18.9 Å². The summed E-state index contributed by atoms with van der Waals surface area (Å²) >= 11 is 0. The van der Waals surface area contributed by atoms with Crippen LogP contribution in [0, 0.1) is 0 Å². The maximum atomic E-state index is 5.96. The summed E-state index contributed by atoms with van der Waals surface area (Å²) in [5, 5.41) is 0. The SMILES string of the molecule is C/C(=C\COc1ccc2c(c1)OCO2)CCOC1CCCCC1. The van der Waals surface area contributed by atoms with Crippen molar-refractivity contribution in [3.05, 3.63) is 29.8 Å². The Kier molecular flexibility index (Phi) is 5.81. The molecule has 1 aromatic rings. The van der Waals surface area contributed by atoms with Crippen LogP contribution in [0.15, 0.2) is 29.8 Å². The minimum absolute atomic E-state index is 0.290. The molecule has 23 heavy (non-hydrogen) atoms. The highest BCUT2D eigenvalue weighted by Crippen LogP contribution is 2.35. The van der Waals surface area contributed by atoms with Crippen molar-refractivity contribution >= 4 is 0 Å². The average molecular weight is 318 g/mol. The van der Waals surface area contributed by atoms with Crippen LogP contribution < -0.4 is 14.2 Å². The molecule has 4 heteroatoms. The van der Waals surface area contributed by atoms with E-state index in [1.165, 1.54) is 37.7 Å².